The van der Waals surface area contributed by atoms with Gasteiger partial charge in [0.25, 0.3) is 0 Å². The molecule has 0 amide bonds. The molecule has 128 valence electrons. The highest BCUT2D eigenvalue weighted by Gasteiger charge is 2.02. The molecule has 0 fully saturated rings. The lowest BCUT2D eigenvalue weighted by Gasteiger charge is -2.06. The van der Waals surface area contributed by atoms with Gasteiger partial charge in [-0.15, -0.1) is 0 Å². The Hall–Kier alpha value is -1.89. The summed E-state index contributed by atoms with van der Waals surface area (Å²) in [6, 6.07) is 14.5. The minimum atomic E-state index is -0.112. The van der Waals surface area contributed by atoms with Gasteiger partial charge in [-0.05, 0) is 48.4 Å². The molecular weight excluding hydrogens is 295 g/mol. The number of halogens is 1. The van der Waals surface area contributed by atoms with E-state index in [9.17, 15) is 4.39 Å². The Morgan fingerprint density at radius 1 is 0.792 bits per heavy atom. The van der Waals surface area contributed by atoms with Gasteiger partial charge >= 0.3 is 0 Å². The van der Waals surface area contributed by atoms with Crippen molar-refractivity contribution in [2.24, 2.45) is 0 Å². The van der Waals surface area contributed by atoms with Gasteiger partial charge in [-0.1, -0.05) is 81.7 Å². The fourth-order valence-electron chi connectivity index (χ4n) is 2.84. The van der Waals surface area contributed by atoms with Crippen LogP contribution in [0.5, 0.6) is 0 Å². The van der Waals surface area contributed by atoms with E-state index in [2.05, 4.69) is 44.2 Å². The number of benzene rings is 2. The van der Waals surface area contributed by atoms with Crippen LogP contribution in [0.25, 0.3) is 6.08 Å². The number of hydrogen-bond acceptors (Lipinski definition) is 0. The summed E-state index contributed by atoms with van der Waals surface area (Å²) in [5.41, 5.74) is 4.47. The molecule has 0 N–H and O–H groups in total. The van der Waals surface area contributed by atoms with Crippen LogP contribution in [0.1, 0.15) is 61.8 Å². The van der Waals surface area contributed by atoms with Crippen molar-refractivity contribution in [2.75, 3.05) is 0 Å². The van der Waals surface area contributed by atoms with E-state index in [-0.39, 0.29) is 5.82 Å². The zero-order chi connectivity index (χ0) is 17.2. The molecule has 0 nitrogen and oxygen atoms in total. The van der Waals surface area contributed by atoms with Gasteiger partial charge in [0, 0.05) is 5.56 Å². The first kappa shape index (κ1) is 18.4. The van der Waals surface area contributed by atoms with E-state index < -0.39 is 0 Å². The van der Waals surface area contributed by atoms with Crippen LogP contribution >= 0.6 is 0 Å². The normalized spacial score (nSPS) is 11.3. The monoisotopic (exact) mass is 324 g/mol. The fraction of sp³-hybridized carbons (Fsp3) is 0.391. The van der Waals surface area contributed by atoms with Crippen molar-refractivity contribution >= 4 is 6.08 Å². The first-order valence-corrected chi connectivity index (χ1v) is 9.25. The predicted octanol–water partition coefficient (Wildman–Crippen LogP) is 6.77. The molecule has 0 radical (unpaired) electrons. The summed E-state index contributed by atoms with van der Waals surface area (Å²) in [5, 5.41) is 0. The lowest BCUT2D eigenvalue weighted by Crippen LogP contribution is -1.94. The molecule has 0 atom stereocenters. The van der Waals surface area contributed by atoms with Gasteiger partial charge in [-0.2, -0.15) is 0 Å². The molecular formula is C23H29F. The SMILES string of the molecule is CCCC/C=C/c1ccc(CCc2ccc(CCC)cc2)cc1F. The van der Waals surface area contributed by atoms with Crippen molar-refractivity contribution in [1.29, 1.82) is 0 Å². The van der Waals surface area contributed by atoms with Crippen molar-refractivity contribution in [1.82, 2.24) is 0 Å². The predicted molar refractivity (Wildman–Crippen MR) is 103 cm³/mol. The second-order valence-corrected chi connectivity index (χ2v) is 6.47. The third kappa shape index (κ3) is 5.96. The average molecular weight is 324 g/mol. The average Bonchev–Trinajstić information content (AvgIpc) is 2.60. The topological polar surface area (TPSA) is 0 Å². The van der Waals surface area contributed by atoms with Crippen LogP contribution in [-0.4, -0.2) is 0 Å². The zero-order valence-electron chi connectivity index (χ0n) is 15.0. The van der Waals surface area contributed by atoms with E-state index in [1.54, 1.807) is 6.07 Å². The molecule has 0 aliphatic rings. The fourth-order valence-corrected chi connectivity index (χ4v) is 2.84. The molecule has 0 saturated carbocycles. The van der Waals surface area contributed by atoms with E-state index in [4.69, 9.17) is 0 Å². The Bertz CT molecular complexity index is 638. The summed E-state index contributed by atoms with van der Waals surface area (Å²) in [4.78, 5) is 0. The number of rotatable bonds is 9. The van der Waals surface area contributed by atoms with Crippen LogP contribution in [0.4, 0.5) is 4.39 Å². The quantitative estimate of drug-likeness (QED) is 0.447. The molecule has 0 aliphatic carbocycles. The number of hydrogen-bond donors (Lipinski definition) is 0. The standard InChI is InChI=1S/C23H29F/c1-3-5-6-7-9-22-17-16-21(18-23(22)24)15-14-20-12-10-19(8-4-2)11-13-20/h7,9-13,16-18H,3-6,8,14-15H2,1-2H3/b9-7+. The van der Waals surface area contributed by atoms with Crippen LogP contribution in [0.2, 0.25) is 0 Å². The molecule has 0 spiro atoms. The Morgan fingerprint density at radius 2 is 1.42 bits per heavy atom. The molecule has 2 aromatic carbocycles. The van der Waals surface area contributed by atoms with E-state index in [0.29, 0.717) is 5.56 Å². The van der Waals surface area contributed by atoms with Crippen LogP contribution in [0.3, 0.4) is 0 Å². The maximum Gasteiger partial charge on any atom is 0.130 e. The van der Waals surface area contributed by atoms with Gasteiger partial charge in [-0.25, -0.2) is 4.39 Å². The summed E-state index contributed by atoms with van der Waals surface area (Å²) in [5.74, 6) is -0.112. The Balaban J connectivity index is 1.90. The Kier molecular flexibility index (Phi) is 7.74. The van der Waals surface area contributed by atoms with E-state index in [0.717, 1.165) is 37.7 Å². The number of unbranched alkanes of at least 4 members (excludes halogenated alkanes) is 2. The Labute approximate surface area is 146 Å². The third-order valence-electron chi connectivity index (χ3n) is 4.35. The highest BCUT2D eigenvalue weighted by Crippen LogP contribution is 2.16. The summed E-state index contributed by atoms with van der Waals surface area (Å²) >= 11 is 0. The summed E-state index contributed by atoms with van der Waals surface area (Å²) in [6.45, 7) is 4.37. The molecule has 0 saturated heterocycles. The molecule has 0 unspecified atom stereocenters. The molecule has 2 rings (SSSR count). The van der Waals surface area contributed by atoms with Crippen molar-refractivity contribution in [2.45, 2.75) is 58.8 Å². The van der Waals surface area contributed by atoms with Crippen LogP contribution < -0.4 is 0 Å². The second-order valence-electron chi connectivity index (χ2n) is 6.47. The van der Waals surface area contributed by atoms with Gasteiger partial charge in [-0.3, -0.25) is 0 Å². The lowest BCUT2D eigenvalue weighted by molar-refractivity contribution is 0.622. The van der Waals surface area contributed by atoms with Crippen LogP contribution in [0.15, 0.2) is 48.5 Å². The third-order valence-corrected chi connectivity index (χ3v) is 4.35. The number of aryl methyl sites for hydroxylation is 3. The largest absolute Gasteiger partial charge is 0.206 e. The highest BCUT2D eigenvalue weighted by atomic mass is 19.1. The second kappa shape index (κ2) is 10.1. The van der Waals surface area contributed by atoms with E-state index in [1.165, 1.54) is 24.0 Å². The maximum atomic E-state index is 14.2. The van der Waals surface area contributed by atoms with Gasteiger partial charge < -0.3 is 0 Å². The molecule has 0 aromatic heterocycles. The molecule has 24 heavy (non-hydrogen) atoms. The summed E-state index contributed by atoms with van der Waals surface area (Å²) in [6.07, 6.45) is 11.5. The minimum Gasteiger partial charge on any atom is -0.206 e. The molecule has 2 aromatic rings. The van der Waals surface area contributed by atoms with Gasteiger partial charge in [0.1, 0.15) is 5.82 Å². The van der Waals surface area contributed by atoms with Crippen molar-refractivity contribution in [3.8, 4) is 0 Å². The summed E-state index contributed by atoms with van der Waals surface area (Å²) < 4.78 is 14.2. The first-order valence-electron chi connectivity index (χ1n) is 9.25. The zero-order valence-corrected chi connectivity index (χ0v) is 15.0. The van der Waals surface area contributed by atoms with Gasteiger partial charge in [0.05, 0.1) is 0 Å². The molecule has 0 bridgehead atoms. The van der Waals surface area contributed by atoms with Crippen molar-refractivity contribution < 1.29 is 4.39 Å². The van der Waals surface area contributed by atoms with E-state index >= 15 is 0 Å². The molecule has 0 heterocycles. The smallest absolute Gasteiger partial charge is 0.130 e. The lowest BCUT2D eigenvalue weighted by atomic mass is 10.0. The number of allylic oxidation sites excluding steroid dienone is 1. The van der Waals surface area contributed by atoms with Crippen LogP contribution in [0, 0.1) is 5.82 Å². The van der Waals surface area contributed by atoms with Crippen LogP contribution in [-0.2, 0) is 19.3 Å². The highest BCUT2D eigenvalue weighted by molar-refractivity contribution is 5.50. The van der Waals surface area contributed by atoms with Crippen molar-refractivity contribution in [3.63, 3.8) is 0 Å². The minimum absolute atomic E-state index is 0.112. The molecule has 1 heteroatoms. The summed E-state index contributed by atoms with van der Waals surface area (Å²) in [7, 11) is 0. The van der Waals surface area contributed by atoms with Gasteiger partial charge in [0.15, 0.2) is 0 Å². The molecule has 0 aliphatic heterocycles. The Morgan fingerprint density at radius 3 is 2.04 bits per heavy atom. The first-order chi connectivity index (χ1) is 11.7. The van der Waals surface area contributed by atoms with Crippen molar-refractivity contribution in [3.05, 3.63) is 76.6 Å². The van der Waals surface area contributed by atoms with E-state index in [1.807, 2.05) is 18.2 Å². The van der Waals surface area contributed by atoms with Gasteiger partial charge in [0.2, 0.25) is 0 Å². The maximum absolute atomic E-state index is 14.2.